The molecule has 1 N–H and O–H groups in total. The number of hydrogen-bond donors (Lipinski definition) is 1. The number of halogens is 2. The lowest BCUT2D eigenvalue weighted by atomic mass is 10.1. The van der Waals surface area contributed by atoms with Gasteiger partial charge in [0.15, 0.2) is 0 Å². The second-order valence-electron chi connectivity index (χ2n) is 4.96. The van der Waals surface area contributed by atoms with Gasteiger partial charge in [-0.15, -0.1) is 0 Å². The van der Waals surface area contributed by atoms with Gasteiger partial charge in [-0.05, 0) is 54.9 Å². The molecule has 2 aliphatic rings. The van der Waals surface area contributed by atoms with E-state index in [0.29, 0.717) is 11.9 Å². The van der Waals surface area contributed by atoms with Gasteiger partial charge in [-0.25, -0.2) is 0 Å². The monoisotopic (exact) mass is 287 g/mol. The van der Waals surface area contributed by atoms with Gasteiger partial charge in [0, 0.05) is 19.1 Å². The fourth-order valence-electron chi connectivity index (χ4n) is 2.44. The standard InChI is InChI=1S/C11H15Cl2N5/c12-9-15-10(13)17-11(16-9)14-5-7-3-4-18(6-7)8-1-2-8/h7-8H,1-6H2,(H,14,15,16,17). The lowest BCUT2D eigenvalue weighted by Gasteiger charge is -2.15. The van der Waals surface area contributed by atoms with Gasteiger partial charge >= 0.3 is 0 Å². The van der Waals surface area contributed by atoms with Gasteiger partial charge in [-0.1, -0.05) is 0 Å². The Balaban J connectivity index is 1.51. The van der Waals surface area contributed by atoms with Crippen molar-refractivity contribution in [2.45, 2.75) is 25.3 Å². The highest BCUT2D eigenvalue weighted by atomic mass is 35.5. The molecule has 1 aromatic heterocycles. The summed E-state index contributed by atoms with van der Waals surface area (Å²) in [7, 11) is 0. The second-order valence-corrected chi connectivity index (χ2v) is 5.63. The van der Waals surface area contributed by atoms with Crippen LogP contribution in [0.1, 0.15) is 19.3 Å². The fourth-order valence-corrected chi connectivity index (χ4v) is 2.80. The molecule has 1 unspecified atom stereocenters. The Bertz CT molecular complexity index is 417. The minimum atomic E-state index is 0.128. The normalized spacial score (nSPS) is 24.4. The summed E-state index contributed by atoms with van der Waals surface area (Å²) in [5, 5.41) is 3.45. The summed E-state index contributed by atoms with van der Waals surface area (Å²) >= 11 is 11.4. The van der Waals surface area contributed by atoms with E-state index in [2.05, 4.69) is 25.2 Å². The predicted octanol–water partition coefficient (Wildman–Crippen LogP) is 2.07. The smallest absolute Gasteiger partial charge is 0.228 e. The molecular weight excluding hydrogens is 273 g/mol. The Labute approximate surface area is 116 Å². The fraction of sp³-hybridized carbons (Fsp3) is 0.727. The minimum Gasteiger partial charge on any atom is -0.354 e. The van der Waals surface area contributed by atoms with Crippen molar-refractivity contribution in [3.63, 3.8) is 0 Å². The largest absolute Gasteiger partial charge is 0.354 e. The molecule has 98 valence electrons. The number of anilines is 1. The van der Waals surface area contributed by atoms with Crippen LogP contribution in [0.3, 0.4) is 0 Å². The summed E-state index contributed by atoms with van der Waals surface area (Å²) in [5.74, 6) is 1.12. The third-order valence-corrected chi connectivity index (χ3v) is 3.85. The van der Waals surface area contributed by atoms with Crippen molar-refractivity contribution in [1.29, 1.82) is 0 Å². The molecule has 1 aliphatic carbocycles. The van der Waals surface area contributed by atoms with Crippen LogP contribution < -0.4 is 5.32 Å². The zero-order chi connectivity index (χ0) is 12.5. The van der Waals surface area contributed by atoms with Crippen LogP contribution in [0.25, 0.3) is 0 Å². The predicted molar refractivity (Wildman–Crippen MR) is 71.0 cm³/mol. The molecule has 0 amide bonds. The number of nitrogens with zero attached hydrogens (tertiary/aromatic N) is 4. The number of hydrogen-bond acceptors (Lipinski definition) is 5. The maximum atomic E-state index is 5.72. The number of likely N-dealkylation sites (tertiary alicyclic amines) is 1. The Kier molecular flexibility index (Phi) is 3.54. The van der Waals surface area contributed by atoms with Gasteiger partial charge in [-0.2, -0.15) is 15.0 Å². The van der Waals surface area contributed by atoms with Crippen molar-refractivity contribution in [2.24, 2.45) is 5.92 Å². The van der Waals surface area contributed by atoms with E-state index < -0.39 is 0 Å². The third kappa shape index (κ3) is 3.02. The molecule has 5 nitrogen and oxygen atoms in total. The first-order valence-corrected chi connectivity index (χ1v) is 7.01. The Morgan fingerprint density at radius 3 is 2.50 bits per heavy atom. The van der Waals surface area contributed by atoms with Crippen molar-refractivity contribution < 1.29 is 0 Å². The first-order chi connectivity index (χ1) is 8.70. The highest BCUT2D eigenvalue weighted by Crippen LogP contribution is 2.31. The van der Waals surface area contributed by atoms with E-state index in [1.165, 1.54) is 32.4 Å². The molecule has 1 atom stereocenters. The topological polar surface area (TPSA) is 53.9 Å². The van der Waals surface area contributed by atoms with Crippen molar-refractivity contribution in [2.75, 3.05) is 25.0 Å². The second kappa shape index (κ2) is 5.15. The zero-order valence-electron chi connectivity index (χ0n) is 9.94. The Morgan fingerprint density at radius 2 is 1.83 bits per heavy atom. The quantitative estimate of drug-likeness (QED) is 0.919. The molecule has 1 saturated carbocycles. The molecule has 0 bridgehead atoms. The van der Waals surface area contributed by atoms with Crippen molar-refractivity contribution >= 4 is 29.2 Å². The van der Waals surface area contributed by atoms with E-state index in [1.54, 1.807) is 0 Å². The third-order valence-electron chi connectivity index (χ3n) is 3.51. The van der Waals surface area contributed by atoms with Gasteiger partial charge < -0.3 is 10.2 Å². The van der Waals surface area contributed by atoms with E-state index in [4.69, 9.17) is 23.2 Å². The van der Waals surface area contributed by atoms with Gasteiger partial charge in [0.25, 0.3) is 0 Å². The molecule has 0 aromatic carbocycles. The van der Waals surface area contributed by atoms with E-state index in [0.717, 1.165) is 12.6 Å². The SMILES string of the molecule is Clc1nc(Cl)nc(NCC2CCN(C3CC3)C2)n1. The van der Waals surface area contributed by atoms with Crippen molar-refractivity contribution in [1.82, 2.24) is 19.9 Å². The minimum absolute atomic E-state index is 0.128. The van der Waals surface area contributed by atoms with Gasteiger partial charge in [0.1, 0.15) is 0 Å². The molecule has 1 aliphatic heterocycles. The highest BCUT2D eigenvalue weighted by Gasteiger charge is 2.34. The lowest BCUT2D eigenvalue weighted by molar-refractivity contribution is 0.316. The molecule has 18 heavy (non-hydrogen) atoms. The Morgan fingerprint density at radius 1 is 1.11 bits per heavy atom. The maximum absolute atomic E-state index is 5.72. The molecule has 1 saturated heterocycles. The molecule has 0 spiro atoms. The maximum Gasteiger partial charge on any atom is 0.228 e. The zero-order valence-corrected chi connectivity index (χ0v) is 11.5. The van der Waals surface area contributed by atoms with Crippen LogP contribution >= 0.6 is 23.2 Å². The summed E-state index contributed by atoms with van der Waals surface area (Å²) in [5.41, 5.74) is 0. The summed E-state index contributed by atoms with van der Waals surface area (Å²) in [4.78, 5) is 14.3. The van der Waals surface area contributed by atoms with Crippen LogP contribution in [0.2, 0.25) is 10.6 Å². The molecular formula is C11H15Cl2N5. The van der Waals surface area contributed by atoms with Gasteiger partial charge in [0.05, 0.1) is 0 Å². The summed E-state index contributed by atoms with van der Waals surface area (Å²) < 4.78 is 0. The molecule has 1 aromatic rings. The number of nitrogens with one attached hydrogen (secondary N) is 1. The number of rotatable bonds is 4. The van der Waals surface area contributed by atoms with Crippen LogP contribution in [-0.4, -0.2) is 45.5 Å². The van der Waals surface area contributed by atoms with E-state index >= 15 is 0 Å². The van der Waals surface area contributed by atoms with E-state index in [9.17, 15) is 0 Å². The summed E-state index contributed by atoms with van der Waals surface area (Å²) in [6, 6.07) is 0.857. The van der Waals surface area contributed by atoms with Crippen LogP contribution in [0.4, 0.5) is 5.95 Å². The molecule has 3 rings (SSSR count). The lowest BCUT2D eigenvalue weighted by Crippen LogP contribution is -2.25. The number of aromatic nitrogens is 3. The van der Waals surface area contributed by atoms with Crippen LogP contribution in [-0.2, 0) is 0 Å². The van der Waals surface area contributed by atoms with Gasteiger partial charge in [-0.3, -0.25) is 0 Å². The molecule has 7 heteroatoms. The molecule has 2 fully saturated rings. The summed E-state index contributed by atoms with van der Waals surface area (Å²) in [6.45, 7) is 3.25. The van der Waals surface area contributed by atoms with Crippen molar-refractivity contribution in [3.8, 4) is 0 Å². The van der Waals surface area contributed by atoms with E-state index in [-0.39, 0.29) is 10.6 Å². The highest BCUT2D eigenvalue weighted by molar-refractivity contribution is 6.31. The van der Waals surface area contributed by atoms with Crippen LogP contribution in [0, 0.1) is 5.92 Å². The molecule has 0 radical (unpaired) electrons. The van der Waals surface area contributed by atoms with Crippen molar-refractivity contribution in [3.05, 3.63) is 10.6 Å². The first kappa shape index (κ1) is 12.4. The van der Waals surface area contributed by atoms with Crippen LogP contribution in [0.15, 0.2) is 0 Å². The average molecular weight is 288 g/mol. The van der Waals surface area contributed by atoms with Gasteiger partial charge in [0.2, 0.25) is 16.5 Å². The first-order valence-electron chi connectivity index (χ1n) is 6.26. The van der Waals surface area contributed by atoms with Crippen LogP contribution in [0.5, 0.6) is 0 Å². The Hall–Kier alpha value is -0.650. The van der Waals surface area contributed by atoms with E-state index in [1.807, 2.05) is 0 Å². The average Bonchev–Trinajstić information content (AvgIpc) is 3.05. The molecule has 2 heterocycles. The summed E-state index contributed by atoms with van der Waals surface area (Å²) in [6.07, 6.45) is 3.98.